The van der Waals surface area contributed by atoms with E-state index >= 15 is 0 Å². The number of ether oxygens (including phenoxy) is 1. The maximum Gasteiger partial charge on any atom is 0.247 e. The molecule has 1 fully saturated rings. The van der Waals surface area contributed by atoms with Crippen LogP contribution >= 0.6 is 0 Å². The molecule has 1 aliphatic heterocycles. The molecule has 96 valence electrons. The lowest BCUT2D eigenvalue weighted by molar-refractivity contribution is -0.427. The van der Waals surface area contributed by atoms with Crippen LogP contribution in [0.15, 0.2) is 42.1 Å². The predicted octanol–water partition coefficient (Wildman–Crippen LogP) is 2.82. The third-order valence-electron chi connectivity index (χ3n) is 3.09. The highest BCUT2D eigenvalue weighted by molar-refractivity contribution is 5.19. The van der Waals surface area contributed by atoms with Crippen LogP contribution < -0.4 is 0 Å². The highest BCUT2D eigenvalue weighted by Gasteiger charge is 2.18. The molecule has 1 aromatic rings. The van der Waals surface area contributed by atoms with Crippen LogP contribution in [0.4, 0.5) is 0 Å². The first-order chi connectivity index (χ1) is 8.75. The van der Waals surface area contributed by atoms with Crippen molar-refractivity contribution in [2.24, 2.45) is 5.92 Å². The SMILES string of the molecule is O=[N+]([O-])C(=CC1CCCOC1)Cc1ccccc1. The van der Waals surface area contributed by atoms with Gasteiger partial charge in [-0.15, -0.1) is 0 Å². The van der Waals surface area contributed by atoms with Crippen molar-refractivity contribution in [1.82, 2.24) is 0 Å². The van der Waals surface area contributed by atoms with Crippen LogP contribution in [0, 0.1) is 16.0 Å². The van der Waals surface area contributed by atoms with E-state index in [1.165, 1.54) is 0 Å². The highest BCUT2D eigenvalue weighted by Crippen LogP contribution is 2.18. The molecule has 0 spiro atoms. The summed E-state index contributed by atoms with van der Waals surface area (Å²) in [7, 11) is 0. The van der Waals surface area contributed by atoms with Gasteiger partial charge >= 0.3 is 0 Å². The topological polar surface area (TPSA) is 52.4 Å². The van der Waals surface area contributed by atoms with E-state index in [0.29, 0.717) is 13.0 Å². The molecule has 18 heavy (non-hydrogen) atoms. The minimum atomic E-state index is -0.276. The summed E-state index contributed by atoms with van der Waals surface area (Å²) < 4.78 is 5.35. The maximum absolute atomic E-state index is 11.1. The fourth-order valence-corrected chi connectivity index (χ4v) is 2.16. The fourth-order valence-electron chi connectivity index (χ4n) is 2.16. The Morgan fingerprint density at radius 2 is 2.22 bits per heavy atom. The van der Waals surface area contributed by atoms with Crippen molar-refractivity contribution < 1.29 is 9.66 Å². The molecule has 1 heterocycles. The Morgan fingerprint density at radius 3 is 2.83 bits per heavy atom. The molecule has 0 saturated carbocycles. The first kappa shape index (κ1) is 12.8. The van der Waals surface area contributed by atoms with Gasteiger partial charge in [-0.05, 0) is 24.5 Å². The van der Waals surface area contributed by atoms with Crippen LogP contribution in [0.1, 0.15) is 18.4 Å². The van der Waals surface area contributed by atoms with Crippen molar-refractivity contribution >= 4 is 0 Å². The number of hydrogen-bond donors (Lipinski definition) is 0. The van der Waals surface area contributed by atoms with Crippen LogP contribution in [0.3, 0.4) is 0 Å². The first-order valence-corrected chi connectivity index (χ1v) is 6.22. The Hall–Kier alpha value is -1.68. The molecule has 1 atom stereocenters. The van der Waals surface area contributed by atoms with E-state index in [-0.39, 0.29) is 16.5 Å². The Balaban J connectivity index is 2.08. The zero-order chi connectivity index (χ0) is 12.8. The van der Waals surface area contributed by atoms with Crippen LogP contribution in [0.5, 0.6) is 0 Å². The molecule has 1 saturated heterocycles. The number of rotatable bonds is 4. The largest absolute Gasteiger partial charge is 0.381 e. The van der Waals surface area contributed by atoms with Gasteiger partial charge in [-0.3, -0.25) is 10.1 Å². The van der Waals surface area contributed by atoms with Gasteiger partial charge in [-0.25, -0.2) is 0 Å². The Morgan fingerprint density at radius 1 is 1.44 bits per heavy atom. The molecule has 0 aliphatic carbocycles. The average Bonchev–Trinajstić information content (AvgIpc) is 2.40. The van der Waals surface area contributed by atoms with Crippen molar-refractivity contribution in [2.75, 3.05) is 13.2 Å². The summed E-state index contributed by atoms with van der Waals surface area (Å²) in [5, 5.41) is 11.1. The molecular weight excluding hydrogens is 230 g/mol. The molecule has 1 aliphatic rings. The Kier molecular flexibility index (Phi) is 4.47. The van der Waals surface area contributed by atoms with Crippen LogP contribution in [-0.2, 0) is 11.2 Å². The van der Waals surface area contributed by atoms with Gasteiger partial charge in [-0.2, -0.15) is 0 Å². The number of nitro groups is 1. The molecule has 0 bridgehead atoms. The lowest BCUT2D eigenvalue weighted by Crippen LogP contribution is -2.17. The van der Waals surface area contributed by atoms with Crippen molar-refractivity contribution in [3.8, 4) is 0 Å². The zero-order valence-corrected chi connectivity index (χ0v) is 10.2. The molecule has 4 nitrogen and oxygen atoms in total. The summed E-state index contributed by atoms with van der Waals surface area (Å²) in [4.78, 5) is 10.8. The second-order valence-electron chi connectivity index (χ2n) is 4.55. The van der Waals surface area contributed by atoms with E-state index in [1.807, 2.05) is 30.3 Å². The monoisotopic (exact) mass is 247 g/mol. The molecule has 0 aromatic heterocycles. The molecular formula is C14H17NO3. The molecule has 0 radical (unpaired) electrons. The predicted molar refractivity (Wildman–Crippen MR) is 68.8 cm³/mol. The second-order valence-corrected chi connectivity index (χ2v) is 4.55. The van der Waals surface area contributed by atoms with E-state index in [1.54, 1.807) is 6.08 Å². The van der Waals surface area contributed by atoms with E-state index < -0.39 is 0 Å². The van der Waals surface area contributed by atoms with E-state index in [0.717, 1.165) is 25.0 Å². The summed E-state index contributed by atoms with van der Waals surface area (Å²) in [5.74, 6) is 0.183. The van der Waals surface area contributed by atoms with Gasteiger partial charge in [0.2, 0.25) is 5.70 Å². The van der Waals surface area contributed by atoms with Gasteiger partial charge in [0.15, 0.2) is 0 Å². The van der Waals surface area contributed by atoms with Gasteiger partial charge in [0.05, 0.1) is 18.0 Å². The normalized spacial score (nSPS) is 20.7. The third kappa shape index (κ3) is 3.67. The smallest absolute Gasteiger partial charge is 0.247 e. The van der Waals surface area contributed by atoms with E-state index in [4.69, 9.17) is 4.74 Å². The minimum absolute atomic E-state index is 0.183. The Labute approximate surface area is 106 Å². The minimum Gasteiger partial charge on any atom is -0.381 e. The molecule has 1 aromatic carbocycles. The lowest BCUT2D eigenvalue weighted by Gasteiger charge is -2.18. The van der Waals surface area contributed by atoms with Crippen molar-refractivity contribution in [3.63, 3.8) is 0 Å². The van der Waals surface area contributed by atoms with Gasteiger partial charge in [0.25, 0.3) is 0 Å². The summed E-state index contributed by atoms with van der Waals surface area (Å²) >= 11 is 0. The van der Waals surface area contributed by atoms with E-state index in [2.05, 4.69) is 0 Å². The quantitative estimate of drug-likeness (QED) is 0.607. The number of benzene rings is 1. The van der Waals surface area contributed by atoms with Gasteiger partial charge in [0.1, 0.15) is 0 Å². The third-order valence-corrected chi connectivity index (χ3v) is 3.09. The molecule has 0 amide bonds. The number of hydrogen-bond acceptors (Lipinski definition) is 3. The zero-order valence-electron chi connectivity index (χ0n) is 10.2. The highest BCUT2D eigenvalue weighted by atomic mass is 16.6. The summed E-state index contributed by atoms with van der Waals surface area (Å²) in [6.45, 7) is 1.38. The molecule has 4 heteroatoms. The van der Waals surface area contributed by atoms with Gasteiger partial charge in [-0.1, -0.05) is 30.3 Å². The maximum atomic E-state index is 11.1. The standard InChI is InChI=1S/C14H17NO3/c16-15(17)14(9-12-5-2-1-3-6-12)10-13-7-4-8-18-11-13/h1-3,5-6,10,13H,4,7-9,11H2. The summed E-state index contributed by atoms with van der Waals surface area (Å²) in [6.07, 6.45) is 4.11. The Bertz CT molecular complexity index is 422. The van der Waals surface area contributed by atoms with Gasteiger partial charge < -0.3 is 4.74 Å². The number of allylic oxidation sites excluding steroid dienone is 1. The van der Waals surface area contributed by atoms with Crippen molar-refractivity contribution in [2.45, 2.75) is 19.3 Å². The van der Waals surface area contributed by atoms with Crippen LogP contribution in [0.25, 0.3) is 0 Å². The first-order valence-electron chi connectivity index (χ1n) is 6.22. The molecule has 1 unspecified atom stereocenters. The lowest BCUT2D eigenvalue weighted by atomic mass is 9.99. The summed E-state index contributed by atoms with van der Waals surface area (Å²) in [5.41, 5.74) is 1.24. The summed E-state index contributed by atoms with van der Waals surface area (Å²) in [6, 6.07) is 9.53. The van der Waals surface area contributed by atoms with Crippen molar-refractivity contribution in [1.29, 1.82) is 0 Å². The number of nitrogens with zero attached hydrogens (tertiary/aromatic N) is 1. The fraction of sp³-hybridized carbons (Fsp3) is 0.429. The molecule has 2 rings (SSSR count). The van der Waals surface area contributed by atoms with Crippen molar-refractivity contribution in [3.05, 3.63) is 57.8 Å². The molecule has 0 N–H and O–H groups in total. The van der Waals surface area contributed by atoms with Crippen LogP contribution in [-0.4, -0.2) is 18.1 Å². The van der Waals surface area contributed by atoms with E-state index in [9.17, 15) is 10.1 Å². The average molecular weight is 247 g/mol. The van der Waals surface area contributed by atoms with Crippen LogP contribution in [0.2, 0.25) is 0 Å². The second kappa shape index (κ2) is 6.31. The van der Waals surface area contributed by atoms with Gasteiger partial charge in [0, 0.05) is 12.5 Å².